The molecule has 4 aromatic heterocycles. The van der Waals surface area contributed by atoms with E-state index in [2.05, 4.69) is 26.6 Å². The zero-order valence-electron chi connectivity index (χ0n) is 17.5. The molecule has 0 aliphatic rings. The number of anilines is 1. The van der Waals surface area contributed by atoms with Gasteiger partial charge in [-0.2, -0.15) is 10.2 Å². The van der Waals surface area contributed by atoms with E-state index in [1.165, 1.54) is 0 Å². The first kappa shape index (κ1) is 21.6. The summed E-state index contributed by atoms with van der Waals surface area (Å²) in [5.41, 5.74) is 4.15. The number of aromatic nitrogens is 5. The summed E-state index contributed by atoms with van der Waals surface area (Å²) in [6.45, 7) is 2.48. The van der Waals surface area contributed by atoms with Gasteiger partial charge in [0, 0.05) is 22.8 Å². The van der Waals surface area contributed by atoms with Crippen molar-refractivity contribution in [3.05, 3.63) is 81.7 Å². The van der Waals surface area contributed by atoms with E-state index in [4.69, 9.17) is 23.2 Å². The SMILES string of the molecule is Cc1nn(CC(=O)Nc2cnn(Cc3ccc(Cl)c(Cl)c3)c2)c2nccc(-c3cccs3)c12. The quantitative estimate of drug-likeness (QED) is 0.329. The van der Waals surface area contributed by atoms with Gasteiger partial charge in [0.2, 0.25) is 5.91 Å². The van der Waals surface area contributed by atoms with Gasteiger partial charge in [-0.15, -0.1) is 11.3 Å². The molecule has 0 saturated carbocycles. The maximum Gasteiger partial charge on any atom is 0.246 e. The van der Waals surface area contributed by atoms with Gasteiger partial charge in [-0.25, -0.2) is 9.67 Å². The highest BCUT2D eigenvalue weighted by molar-refractivity contribution is 7.13. The summed E-state index contributed by atoms with van der Waals surface area (Å²) < 4.78 is 3.36. The molecule has 0 saturated heterocycles. The van der Waals surface area contributed by atoms with Crippen molar-refractivity contribution in [3.8, 4) is 10.4 Å². The second-order valence-corrected chi connectivity index (χ2v) is 9.26. The average molecular weight is 497 g/mol. The van der Waals surface area contributed by atoms with E-state index in [1.807, 2.05) is 30.5 Å². The van der Waals surface area contributed by atoms with Gasteiger partial charge in [0.15, 0.2) is 5.65 Å². The zero-order valence-corrected chi connectivity index (χ0v) is 19.8. The highest BCUT2D eigenvalue weighted by Crippen LogP contribution is 2.32. The lowest BCUT2D eigenvalue weighted by molar-refractivity contribution is -0.116. The van der Waals surface area contributed by atoms with E-state index in [0.29, 0.717) is 27.9 Å². The van der Waals surface area contributed by atoms with E-state index >= 15 is 0 Å². The van der Waals surface area contributed by atoms with Crippen LogP contribution in [0.1, 0.15) is 11.3 Å². The number of pyridine rings is 1. The number of nitrogens with zero attached hydrogens (tertiary/aromatic N) is 5. The van der Waals surface area contributed by atoms with Crippen molar-refractivity contribution >= 4 is 57.2 Å². The Morgan fingerprint density at radius 2 is 2.06 bits per heavy atom. The van der Waals surface area contributed by atoms with Crippen LogP contribution in [0.2, 0.25) is 10.0 Å². The molecular weight excluding hydrogens is 479 g/mol. The molecule has 1 aromatic carbocycles. The molecule has 33 heavy (non-hydrogen) atoms. The number of amides is 1. The number of carbonyl (C=O) groups excluding carboxylic acids is 1. The first-order valence-electron chi connectivity index (χ1n) is 10.1. The number of rotatable bonds is 6. The lowest BCUT2D eigenvalue weighted by atomic mass is 10.1. The van der Waals surface area contributed by atoms with Gasteiger partial charge in [-0.1, -0.05) is 35.3 Å². The second kappa shape index (κ2) is 8.97. The molecule has 0 bridgehead atoms. The summed E-state index contributed by atoms with van der Waals surface area (Å²) in [5.74, 6) is -0.211. The molecule has 5 aromatic rings. The lowest BCUT2D eigenvalue weighted by Gasteiger charge is -2.05. The fourth-order valence-electron chi connectivity index (χ4n) is 3.71. The van der Waals surface area contributed by atoms with E-state index in [1.54, 1.807) is 51.4 Å². The van der Waals surface area contributed by atoms with Gasteiger partial charge in [-0.3, -0.25) is 9.48 Å². The number of benzene rings is 1. The molecule has 5 rings (SSSR count). The number of halogens is 2. The Balaban J connectivity index is 1.31. The van der Waals surface area contributed by atoms with Crippen LogP contribution in [0.4, 0.5) is 5.69 Å². The normalized spacial score (nSPS) is 11.2. The van der Waals surface area contributed by atoms with Crippen LogP contribution in [0.3, 0.4) is 0 Å². The first-order valence-corrected chi connectivity index (χ1v) is 11.7. The van der Waals surface area contributed by atoms with Crippen molar-refractivity contribution in [3.63, 3.8) is 0 Å². The molecule has 1 N–H and O–H groups in total. The molecule has 7 nitrogen and oxygen atoms in total. The van der Waals surface area contributed by atoms with Crippen LogP contribution in [0.25, 0.3) is 21.5 Å². The van der Waals surface area contributed by atoms with Crippen LogP contribution in [-0.4, -0.2) is 30.5 Å². The van der Waals surface area contributed by atoms with Crippen LogP contribution < -0.4 is 5.32 Å². The van der Waals surface area contributed by atoms with Crippen LogP contribution >= 0.6 is 34.5 Å². The standard InChI is InChI=1S/C23H18Cl2N6OS/c1-14-22-17(20-3-2-8-33-20)6-7-26-23(22)31(29-14)13-21(32)28-16-10-27-30(12-16)11-15-4-5-18(24)19(25)9-15/h2-10,12H,11,13H2,1H3,(H,28,32). The van der Waals surface area contributed by atoms with E-state index < -0.39 is 0 Å². The molecule has 0 aliphatic carbocycles. The number of thiophene rings is 1. The van der Waals surface area contributed by atoms with Crippen LogP contribution in [-0.2, 0) is 17.9 Å². The number of hydrogen-bond donors (Lipinski definition) is 1. The third kappa shape index (κ3) is 4.50. The van der Waals surface area contributed by atoms with Crippen molar-refractivity contribution in [2.45, 2.75) is 20.0 Å². The highest BCUT2D eigenvalue weighted by atomic mass is 35.5. The molecule has 0 radical (unpaired) electrons. The van der Waals surface area contributed by atoms with Gasteiger partial charge >= 0.3 is 0 Å². The van der Waals surface area contributed by atoms with Crippen molar-refractivity contribution in [1.29, 1.82) is 0 Å². The lowest BCUT2D eigenvalue weighted by Crippen LogP contribution is -2.19. The first-order chi connectivity index (χ1) is 16.0. The predicted octanol–water partition coefficient (Wildman–Crippen LogP) is 5.66. The minimum Gasteiger partial charge on any atom is -0.322 e. The minimum absolute atomic E-state index is 0.0448. The number of nitrogens with one attached hydrogen (secondary N) is 1. The van der Waals surface area contributed by atoms with Crippen molar-refractivity contribution in [2.24, 2.45) is 0 Å². The van der Waals surface area contributed by atoms with Gasteiger partial charge in [0.1, 0.15) is 6.54 Å². The van der Waals surface area contributed by atoms with Gasteiger partial charge in [0.25, 0.3) is 0 Å². The fraction of sp³-hybridized carbons (Fsp3) is 0.130. The predicted molar refractivity (Wildman–Crippen MR) is 132 cm³/mol. The van der Waals surface area contributed by atoms with Gasteiger partial charge in [-0.05, 0) is 42.1 Å². The Kier molecular flexibility index (Phi) is 5.88. The molecule has 0 unspecified atom stereocenters. The van der Waals surface area contributed by atoms with Crippen LogP contribution in [0.15, 0.2) is 60.4 Å². The summed E-state index contributed by atoms with van der Waals surface area (Å²) in [7, 11) is 0. The molecule has 0 aliphatic heterocycles. The summed E-state index contributed by atoms with van der Waals surface area (Å²) in [6.07, 6.45) is 5.12. The number of hydrogen-bond acceptors (Lipinski definition) is 5. The molecule has 1 amide bonds. The molecule has 0 spiro atoms. The smallest absolute Gasteiger partial charge is 0.246 e. The van der Waals surface area contributed by atoms with E-state index in [-0.39, 0.29) is 12.5 Å². The van der Waals surface area contributed by atoms with Crippen molar-refractivity contribution in [1.82, 2.24) is 24.5 Å². The maximum atomic E-state index is 12.7. The summed E-state index contributed by atoms with van der Waals surface area (Å²) >= 11 is 13.7. The summed E-state index contributed by atoms with van der Waals surface area (Å²) in [6, 6.07) is 11.5. The molecule has 0 fully saturated rings. The molecule has 4 heterocycles. The summed E-state index contributed by atoms with van der Waals surface area (Å²) in [5, 5.41) is 15.8. The van der Waals surface area contributed by atoms with Crippen LogP contribution in [0, 0.1) is 6.92 Å². The number of carbonyl (C=O) groups is 1. The van der Waals surface area contributed by atoms with E-state index in [9.17, 15) is 4.79 Å². The summed E-state index contributed by atoms with van der Waals surface area (Å²) in [4.78, 5) is 18.4. The number of fused-ring (bicyclic) bond motifs is 1. The Morgan fingerprint density at radius 3 is 2.85 bits per heavy atom. The topological polar surface area (TPSA) is 77.6 Å². The Labute approximate surface area is 203 Å². The zero-order chi connectivity index (χ0) is 22.9. The molecule has 166 valence electrons. The number of aryl methyl sites for hydroxylation is 1. The fourth-order valence-corrected chi connectivity index (χ4v) is 4.78. The highest BCUT2D eigenvalue weighted by Gasteiger charge is 2.16. The third-order valence-corrected chi connectivity index (χ3v) is 6.78. The largest absolute Gasteiger partial charge is 0.322 e. The Hall–Kier alpha value is -3.20. The monoisotopic (exact) mass is 496 g/mol. The Morgan fingerprint density at radius 1 is 1.18 bits per heavy atom. The van der Waals surface area contributed by atoms with Crippen LogP contribution in [0.5, 0.6) is 0 Å². The van der Waals surface area contributed by atoms with Gasteiger partial charge in [0.05, 0.1) is 39.6 Å². The van der Waals surface area contributed by atoms with Gasteiger partial charge < -0.3 is 5.32 Å². The average Bonchev–Trinajstić information content (AvgIpc) is 3.53. The minimum atomic E-state index is -0.211. The maximum absolute atomic E-state index is 12.7. The Bertz CT molecular complexity index is 1460. The third-order valence-electron chi connectivity index (χ3n) is 5.13. The van der Waals surface area contributed by atoms with Crippen molar-refractivity contribution in [2.75, 3.05) is 5.32 Å². The van der Waals surface area contributed by atoms with Crippen molar-refractivity contribution < 1.29 is 4.79 Å². The molecule has 0 atom stereocenters. The second-order valence-electron chi connectivity index (χ2n) is 7.50. The molecular formula is C23H18Cl2N6OS. The molecule has 10 heteroatoms. The van der Waals surface area contributed by atoms with E-state index in [0.717, 1.165) is 27.1 Å².